The fourth-order valence-corrected chi connectivity index (χ4v) is 2.45. The van der Waals surface area contributed by atoms with Crippen molar-refractivity contribution in [3.63, 3.8) is 0 Å². The number of rotatable bonds is 4. The van der Waals surface area contributed by atoms with Crippen LogP contribution in [0.5, 0.6) is 5.75 Å². The van der Waals surface area contributed by atoms with Crippen LogP contribution in [0.4, 0.5) is 4.39 Å². The van der Waals surface area contributed by atoms with Crippen LogP contribution in [-0.2, 0) is 15.0 Å². The van der Waals surface area contributed by atoms with Gasteiger partial charge in [0, 0.05) is 13.0 Å². The second-order valence-corrected chi connectivity index (χ2v) is 6.90. The van der Waals surface area contributed by atoms with Gasteiger partial charge in [0.25, 0.3) is 5.91 Å². The van der Waals surface area contributed by atoms with E-state index < -0.39 is 24.1 Å². The summed E-state index contributed by atoms with van der Waals surface area (Å²) in [6, 6.07) is 7.45. The Morgan fingerprint density at radius 2 is 1.91 bits per heavy atom. The molecular formula is C17H22FNO4. The van der Waals surface area contributed by atoms with E-state index in [-0.39, 0.29) is 25.0 Å². The molecule has 6 heteroatoms. The number of carbonyl (C=O) groups excluding carboxylic acids is 1. The fourth-order valence-electron chi connectivity index (χ4n) is 2.45. The molecule has 1 N–H and O–H groups in total. The number of benzene rings is 1. The first-order chi connectivity index (χ1) is 10.6. The zero-order valence-corrected chi connectivity index (χ0v) is 13.6. The molecule has 1 aromatic carbocycles. The molecule has 0 aliphatic carbocycles. The maximum absolute atomic E-state index is 13.9. The summed E-state index contributed by atoms with van der Waals surface area (Å²) in [5.74, 6) is -1.38. The number of likely N-dealkylation sites (tertiary alicyclic amines) is 1. The number of alkyl halides is 1. The predicted octanol–water partition coefficient (Wildman–Crippen LogP) is 2.39. The molecule has 1 aromatic rings. The summed E-state index contributed by atoms with van der Waals surface area (Å²) < 4.78 is 19.3. The molecule has 0 spiro atoms. The molecule has 1 saturated heterocycles. The highest BCUT2D eigenvalue weighted by molar-refractivity contribution is 5.83. The molecule has 1 fully saturated rings. The normalized spacial score (nSPS) is 21.3. The van der Waals surface area contributed by atoms with Gasteiger partial charge in [-0.25, -0.2) is 9.18 Å². The lowest BCUT2D eigenvalue weighted by atomic mass is 9.87. The molecule has 0 aromatic heterocycles. The van der Waals surface area contributed by atoms with E-state index >= 15 is 0 Å². The zero-order valence-electron chi connectivity index (χ0n) is 13.6. The van der Waals surface area contributed by atoms with Gasteiger partial charge in [-0.1, -0.05) is 32.9 Å². The Kier molecular flexibility index (Phi) is 4.63. The van der Waals surface area contributed by atoms with Gasteiger partial charge in [-0.3, -0.25) is 4.79 Å². The van der Waals surface area contributed by atoms with Crippen LogP contribution in [0.3, 0.4) is 0 Å². The summed E-state index contributed by atoms with van der Waals surface area (Å²) in [4.78, 5) is 24.0. The van der Waals surface area contributed by atoms with Crippen LogP contribution < -0.4 is 4.74 Å². The van der Waals surface area contributed by atoms with Gasteiger partial charge in [0.2, 0.25) is 5.67 Å². The molecule has 0 saturated carbocycles. The van der Waals surface area contributed by atoms with Gasteiger partial charge in [0.15, 0.2) is 6.61 Å². The van der Waals surface area contributed by atoms with Crippen molar-refractivity contribution in [2.75, 3.05) is 19.7 Å². The SMILES string of the molecule is CC(C)(C)c1ccc(OCC(=O)N2CCC(F)(C(=O)O)C2)cc1. The minimum Gasteiger partial charge on any atom is -0.484 e. The van der Waals surface area contributed by atoms with Crippen LogP contribution in [0.25, 0.3) is 0 Å². The molecule has 0 bridgehead atoms. The third-order valence-corrected chi connectivity index (χ3v) is 4.04. The van der Waals surface area contributed by atoms with Crippen molar-refractivity contribution in [1.29, 1.82) is 0 Å². The second-order valence-electron chi connectivity index (χ2n) is 6.90. The van der Waals surface area contributed by atoms with Crippen LogP contribution in [0, 0.1) is 0 Å². The van der Waals surface area contributed by atoms with Gasteiger partial charge < -0.3 is 14.7 Å². The smallest absolute Gasteiger partial charge is 0.343 e. The molecule has 2 rings (SSSR count). The molecule has 1 unspecified atom stereocenters. The van der Waals surface area contributed by atoms with E-state index in [2.05, 4.69) is 20.8 Å². The lowest BCUT2D eigenvalue weighted by Gasteiger charge is -2.20. The molecule has 0 radical (unpaired) electrons. The first-order valence-corrected chi connectivity index (χ1v) is 7.55. The number of ether oxygens (including phenoxy) is 1. The highest BCUT2D eigenvalue weighted by atomic mass is 19.1. The van der Waals surface area contributed by atoms with Gasteiger partial charge in [-0.15, -0.1) is 0 Å². The average molecular weight is 323 g/mol. The summed E-state index contributed by atoms with van der Waals surface area (Å²) in [5, 5.41) is 8.83. The number of carboxylic acids is 1. The number of amides is 1. The van der Waals surface area contributed by atoms with Crippen molar-refractivity contribution in [3.8, 4) is 5.75 Å². The largest absolute Gasteiger partial charge is 0.484 e. The van der Waals surface area contributed by atoms with Crippen molar-refractivity contribution in [1.82, 2.24) is 4.90 Å². The maximum Gasteiger partial charge on any atom is 0.343 e. The van der Waals surface area contributed by atoms with Crippen molar-refractivity contribution in [2.24, 2.45) is 0 Å². The van der Waals surface area contributed by atoms with Crippen LogP contribution >= 0.6 is 0 Å². The van der Waals surface area contributed by atoms with Gasteiger partial charge in [0.05, 0.1) is 6.54 Å². The Balaban J connectivity index is 1.89. The van der Waals surface area contributed by atoms with E-state index in [4.69, 9.17) is 9.84 Å². The molecule has 1 heterocycles. The lowest BCUT2D eigenvalue weighted by molar-refractivity contribution is -0.150. The second kappa shape index (κ2) is 6.18. The Labute approximate surface area is 135 Å². The number of carboxylic acid groups (broad SMARTS) is 1. The van der Waals surface area contributed by atoms with Crippen molar-refractivity contribution in [2.45, 2.75) is 38.3 Å². The van der Waals surface area contributed by atoms with E-state index in [0.717, 1.165) is 5.56 Å². The number of halogens is 1. The number of hydrogen-bond acceptors (Lipinski definition) is 3. The molecule has 1 atom stereocenters. The minimum absolute atomic E-state index is 0.0329. The topological polar surface area (TPSA) is 66.8 Å². The maximum atomic E-state index is 13.9. The summed E-state index contributed by atoms with van der Waals surface area (Å²) in [5.41, 5.74) is -1.16. The van der Waals surface area contributed by atoms with E-state index in [1.54, 1.807) is 12.1 Å². The molecule has 126 valence electrons. The molecule has 1 aliphatic heterocycles. The fraction of sp³-hybridized carbons (Fsp3) is 0.529. The first-order valence-electron chi connectivity index (χ1n) is 7.55. The van der Waals surface area contributed by atoms with Crippen molar-refractivity contribution >= 4 is 11.9 Å². The number of nitrogens with zero attached hydrogens (tertiary/aromatic N) is 1. The summed E-state index contributed by atoms with van der Waals surface area (Å²) in [6.07, 6.45) is -0.186. The third kappa shape index (κ3) is 4.00. The van der Waals surface area contributed by atoms with E-state index in [9.17, 15) is 14.0 Å². The number of carbonyl (C=O) groups is 2. The Hall–Kier alpha value is -2.11. The molecule has 1 aliphatic rings. The standard InChI is InChI=1S/C17H22FNO4/c1-16(2,3)12-4-6-13(7-5-12)23-10-14(20)19-9-8-17(18,11-19)15(21)22/h4-7H,8-11H2,1-3H3,(H,21,22). The zero-order chi connectivity index (χ0) is 17.3. The Bertz CT molecular complexity index is 594. The van der Waals surface area contributed by atoms with E-state index in [1.807, 2.05) is 12.1 Å². The van der Waals surface area contributed by atoms with E-state index in [1.165, 1.54) is 4.90 Å². The van der Waals surface area contributed by atoms with Gasteiger partial charge in [0.1, 0.15) is 5.75 Å². The van der Waals surface area contributed by atoms with E-state index in [0.29, 0.717) is 5.75 Å². The minimum atomic E-state index is -2.34. The predicted molar refractivity (Wildman–Crippen MR) is 83.3 cm³/mol. The van der Waals surface area contributed by atoms with Gasteiger partial charge >= 0.3 is 5.97 Å². The van der Waals surface area contributed by atoms with Gasteiger partial charge in [-0.05, 0) is 23.1 Å². The van der Waals surface area contributed by atoms with Crippen LogP contribution in [0.1, 0.15) is 32.8 Å². The Morgan fingerprint density at radius 3 is 2.39 bits per heavy atom. The summed E-state index contributed by atoms with van der Waals surface area (Å²) in [7, 11) is 0. The number of aliphatic carboxylic acids is 1. The molecule has 1 amide bonds. The Morgan fingerprint density at radius 1 is 1.30 bits per heavy atom. The molecular weight excluding hydrogens is 301 g/mol. The highest BCUT2D eigenvalue weighted by Crippen LogP contribution is 2.26. The van der Waals surface area contributed by atoms with Gasteiger partial charge in [-0.2, -0.15) is 0 Å². The monoisotopic (exact) mass is 323 g/mol. The highest BCUT2D eigenvalue weighted by Gasteiger charge is 2.46. The molecule has 5 nitrogen and oxygen atoms in total. The third-order valence-electron chi connectivity index (χ3n) is 4.04. The summed E-state index contributed by atoms with van der Waals surface area (Å²) >= 11 is 0. The lowest BCUT2D eigenvalue weighted by Crippen LogP contribution is -2.40. The van der Waals surface area contributed by atoms with Crippen LogP contribution in [0.2, 0.25) is 0 Å². The molecule has 23 heavy (non-hydrogen) atoms. The van der Waals surface area contributed by atoms with Crippen molar-refractivity contribution < 1.29 is 23.8 Å². The number of hydrogen-bond donors (Lipinski definition) is 1. The summed E-state index contributed by atoms with van der Waals surface area (Å²) in [6.45, 7) is 5.74. The quantitative estimate of drug-likeness (QED) is 0.924. The van der Waals surface area contributed by atoms with Crippen LogP contribution in [-0.4, -0.2) is 47.2 Å². The average Bonchev–Trinajstić information content (AvgIpc) is 2.88. The first kappa shape index (κ1) is 17.2. The van der Waals surface area contributed by atoms with Crippen LogP contribution in [0.15, 0.2) is 24.3 Å². The van der Waals surface area contributed by atoms with Crippen molar-refractivity contribution in [3.05, 3.63) is 29.8 Å².